The first-order valence-electron chi connectivity index (χ1n) is 7.15. The Kier molecular flexibility index (Phi) is 6.65. The highest BCUT2D eigenvalue weighted by molar-refractivity contribution is 7.89. The lowest BCUT2D eigenvalue weighted by molar-refractivity contribution is 0.369. The van der Waals surface area contributed by atoms with E-state index in [0.717, 1.165) is 31.4 Å². The van der Waals surface area contributed by atoms with Crippen molar-refractivity contribution in [3.63, 3.8) is 0 Å². The summed E-state index contributed by atoms with van der Waals surface area (Å²) in [5, 5.41) is 3.08. The average Bonchev–Trinajstić information content (AvgIpc) is 2.45. The molecule has 0 aromatic heterocycles. The molecule has 1 atom stereocenters. The van der Waals surface area contributed by atoms with Crippen LogP contribution in [0.4, 0.5) is 0 Å². The Balaban J connectivity index is 2.87. The van der Waals surface area contributed by atoms with Crippen LogP contribution in [-0.2, 0) is 16.4 Å². The molecule has 5 heteroatoms. The molecule has 0 aliphatic rings. The summed E-state index contributed by atoms with van der Waals surface area (Å²) in [4.78, 5) is 0.371. The molecule has 0 fully saturated rings. The van der Waals surface area contributed by atoms with Gasteiger partial charge in [-0.1, -0.05) is 25.5 Å². The number of benzene rings is 1. The van der Waals surface area contributed by atoms with E-state index in [0.29, 0.717) is 4.90 Å². The summed E-state index contributed by atoms with van der Waals surface area (Å²) in [6.45, 7) is 4.90. The molecular formula is C15H26N2O2S. The van der Waals surface area contributed by atoms with Gasteiger partial charge in [-0.3, -0.25) is 0 Å². The maximum Gasteiger partial charge on any atom is 0.243 e. The van der Waals surface area contributed by atoms with E-state index in [1.165, 1.54) is 4.31 Å². The third-order valence-electron chi connectivity index (χ3n) is 3.59. The molecule has 20 heavy (non-hydrogen) atoms. The van der Waals surface area contributed by atoms with Crippen LogP contribution in [0.15, 0.2) is 29.2 Å². The number of nitrogens with one attached hydrogen (secondary N) is 1. The van der Waals surface area contributed by atoms with Crippen LogP contribution < -0.4 is 5.32 Å². The fourth-order valence-corrected chi connectivity index (χ4v) is 3.49. The zero-order chi connectivity index (χ0) is 15.2. The van der Waals surface area contributed by atoms with Gasteiger partial charge in [0.05, 0.1) is 4.90 Å². The van der Waals surface area contributed by atoms with Gasteiger partial charge in [-0.05, 0) is 51.1 Å². The topological polar surface area (TPSA) is 49.4 Å². The Morgan fingerprint density at radius 3 is 2.35 bits per heavy atom. The zero-order valence-electron chi connectivity index (χ0n) is 12.9. The third-order valence-corrected chi connectivity index (χ3v) is 5.58. The number of rotatable bonds is 8. The Morgan fingerprint density at radius 1 is 1.25 bits per heavy atom. The Labute approximate surface area is 123 Å². The van der Waals surface area contributed by atoms with Crippen LogP contribution in [-0.4, -0.2) is 39.4 Å². The number of nitrogens with zero attached hydrogens (tertiary/aromatic N) is 1. The van der Waals surface area contributed by atoms with Crippen molar-refractivity contribution >= 4 is 10.0 Å². The fraction of sp³-hybridized carbons (Fsp3) is 0.600. The third kappa shape index (κ3) is 4.30. The van der Waals surface area contributed by atoms with Gasteiger partial charge in [0.15, 0.2) is 0 Å². The molecular weight excluding hydrogens is 272 g/mol. The SMILES string of the molecule is CCCC(C)N(C)S(=O)(=O)c1ccc(CCNC)cc1. The van der Waals surface area contributed by atoms with Gasteiger partial charge in [0, 0.05) is 13.1 Å². The highest BCUT2D eigenvalue weighted by Gasteiger charge is 2.24. The zero-order valence-corrected chi connectivity index (χ0v) is 13.7. The summed E-state index contributed by atoms with van der Waals surface area (Å²) < 4.78 is 26.4. The standard InChI is InChI=1S/C15H26N2O2S/c1-5-6-13(2)17(4)20(18,19)15-9-7-14(8-10-15)11-12-16-3/h7-10,13,16H,5-6,11-12H2,1-4H3. The van der Waals surface area contributed by atoms with Gasteiger partial charge in [-0.2, -0.15) is 4.31 Å². The van der Waals surface area contributed by atoms with Crippen molar-refractivity contribution in [2.24, 2.45) is 0 Å². The van der Waals surface area contributed by atoms with Gasteiger partial charge in [0.25, 0.3) is 0 Å². The normalized spacial score (nSPS) is 13.7. The van der Waals surface area contributed by atoms with Gasteiger partial charge in [0.1, 0.15) is 0 Å². The summed E-state index contributed by atoms with van der Waals surface area (Å²) in [5.41, 5.74) is 1.14. The van der Waals surface area contributed by atoms with E-state index in [4.69, 9.17) is 0 Å². The molecule has 0 heterocycles. The summed E-state index contributed by atoms with van der Waals surface area (Å²) in [5.74, 6) is 0. The number of sulfonamides is 1. The minimum atomic E-state index is -3.38. The average molecular weight is 298 g/mol. The van der Waals surface area contributed by atoms with Crippen molar-refractivity contribution in [2.75, 3.05) is 20.6 Å². The molecule has 0 aliphatic heterocycles. The first-order chi connectivity index (χ1) is 9.43. The lowest BCUT2D eigenvalue weighted by atomic mass is 10.1. The van der Waals surface area contributed by atoms with E-state index >= 15 is 0 Å². The van der Waals surface area contributed by atoms with Crippen molar-refractivity contribution in [3.05, 3.63) is 29.8 Å². The van der Waals surface area contributed by atoms with Gasteiger partial charge in [-0.25, -0.2) is 8.42 Å². The summed E-state index contributed by atoms with van der Waals surface area (Å²) >= 11 is 0. The highest BCUT2D eigenvalue weighted by atomic mass is 32.2. The van der Waals surface area contributed by atoms with Crippen LogP contribution >= 0.6 is 0 Å². The van der Waals surface area contributed by atoms with E-state index in [-0.39, 0.29) is 6.04 Å². The Morgan fingerprint density at radius 2 is 1.85 bits per heavy atom. The molecule has 114 valence electrons. The first kappa shape index (κ1) is 17.1. The molecule has 1 aromatic rings. The van der Waals surface area contributed by atoms with Gasteiger partial charge in [-0.15, -0.1) is 0 Å². The quantitative estimate of drug-likeness (QED) is 0.801. The molecule has 0 amide bonds. The van der Waals surface area contributed by atoms with Gasteiger partial charge in [0.2, 0.25) is 10.0 Å². The predicted molar refractivity (Wildman–Crippen MR) is 83.4 cm³/mol. The maximum absolute atomic E-state index is 12.5. The molecule has 1 unspecified atom stereocenters. The van der Waals surface area contributed by atoms with Crippen molar-refractivity contribution in [2.45, 2.75) is 44.0 Å². The fourth-order valence-electron chi connectivity index (χ4n) is 2.10. The van der Waals surface area contributed by atoms with Gasteiger partial charge < -0.3 is 5.32 Å². The first-order valence-corrected chi connectivity index (χ1v) is 8.59. The lowest BCUT2D eigenvalue weighted by Crippen LogP contribution is -2.34. The Bertz CT molecular complexity index is 497. The number of likely N-dealkylation sites (N-methyl/N-ethyl adjacent to an activating group) is 1. The van der Waals surface area contributed by atoms with Crippen LogP contribution in [0.2, 0.25) is 0 Å². The minimum Gasteiger partial charge on any atom is -0.319 e. The minimum absolute atomic E-state index is 0.0222. The molecule has 0 saturated carbocycles. The van der Waals surface area contributed by atoms with Crippen molar-refractivity contribution < 1.29 is 8.42 Å². The van der Waals surface area contributed by atoms with Crippen LogP contribution in [0.3, 0.4) is 0 Å². The smallest absolute Gasteiger partial charge is 0.243 e. The molecule has 0 saturated heterocycles. The molecule has 4 nitrogen and oxygen atoms in total. The van der Waals surface area contributed by atoms with Crippen LogP contribution in [0.1, 0.15) is 32.3 Å². The van der Waals surface area contributed by atoms with Gasteiger partial charge >= 0.3 is 0 Å². The second-order valence-electron chi connectivity index (χ2n) is 5.16. The van der Waals surface area contributed by atoms with E-state index in [1.807, 2.05) is 26.1 Å². The second-order valence-corrected chi connectivity index (χ2v) is 7.15. The summed E-state index contributed by atoms with van der Waals surface area (Å²) in [6, 6.07) is 7.21. The van der Waals surface area contributed by atoms with Crippen LogP contribution in [0.5, 0.6) is 0 Å². The molecule has 0 bridgehead atoms. The number of hydrogen-bond donors (Lipinski definition) is 1. The summed E-state index contributed by atoms with van der Waals surface area (Å²) in [7, 11) is 0.183. The maximum atomic E-state index is 12.5. The van der Waals surface area contributed by atoms with E-state index < -0.39 is 10.0 Å². The van der Waals surface area contributed by atoms with Crippen molar-refractivity contribution in [1.29, 1.82) is 0 Å². The van der Waals surface area contributed by atoms with Crippen molar-refractivity contribution in [3.8, 4) is 0 Å². The monoisotopic (exact) mass is 298 g/mol. The molecule has 1 aromatic carbocycles. The van der Waals surface area contributed by atoms with E-state index in [9.17, 15) is 8.42 Å². The van der Waals surface area contributed by atoms with Crippen LogP contribution in [0.25, 0.3) is 0 Å². The molecule has 0 spiro atoms. The van der Waals surface area contributed by atoms with Crippen LogP contribution in [0, 0.1) is 0 Å². The second kappa shape index (κ2) is 7.76. The molecule has 0 aliphatic carbocycles. The summed E-state index contributed by atoms with van der Waals surface area (Å²) in [6.07, 6.45) is 2.75. The van der Waals surface area contributed by atoms with E-state index in [2.05, 4.69) is 12.2 Å². The molecule has 1 N–H and O–H groups in total. The van der Waals surface area contributed by atoms with Crippen molar-refractivity contribution in [1.82, 2.24) is 9.62 Å². The Hall–Kier alpha value is -0.910. The number of hydrogen-bond acceptors (Lipinski definition) is 3. The predicted octanol–water partition coefficient (Wildman–Crippen LogP) is 2.26. The lowest BCUT2D eigenvalue weighted by Gasteiger charge is -2.24. The molecule has 0 radical (unpaired) electrons. The largest absolute Gasteiger partial charge is 0.319 e. The van der Waals surface area contributed by atoms with E-state index in [1.54, 1.807) is 19.2 Å². The molecule has 1 rings (SSSR count). The highest BCUT2D eigenvalue weighted by Crippen LogP contribution is 2.19.